The molecule has 0 amide bonds. The Hall–Kier alpha value is -2.56. The minimum absolute atomic E-state index is 0.0780. The van der Waals surface area contributed by atoms with Crippen molar-refractivity contribution in [3.63, 3.8) is 0 Å². The summed E-state index contributed by atoms with van der Waals surface area (Å²) in [5, 5.41) is 12.0. The van der Waals surface area contributed by atoms with Gasteiger partial charge < -0.3 is 9.67 Å². The quantitative estimate of drug-likeness (QED) is 0.327. The summed E-state index contributed by atoms with van der Waals surface area (Å²) in [4.78, 5) is 5.51. The van der Waals surface area contributed by atoms with E-state index in [2.05, 4.69) is 84.9 Å². The topological polar surface area (TPSA) is 38.0 Å². The molecule has 4 aromatic rings. The number of benzene rings is 2. The Morgan fingerprint density at radius 2 is 1.59 bits per heavy atom. The van der Waals surface area contributed by atoms with E-state index in [0.717, 1.165) is 12.1 Å². The van der Waals surface area contributed by atoms with Gasteiger partial charge >= 0.3 is 0 Å². The van der Waals surface area contributed by atoms with Gasteiger partial charge in [-0.05, 0) is 42.7 Å². The van der Waals surface area contributed by atoms with Crippen molar-refractivity contribution < 1.29 is 5.11 Å². The fraction of sp³-hybridized carbons (Fsp3) is 0.321. The SMILES string of the molecule is CC(C)(O)Cc1c(SC(C)(C)C)c2ccccc2n1Cc1ccc(-c2cccnc2)cc1. The third-order valence-corrected chi connectivity index (χ3v) is 6.60. The number of hydrogen-bond acceptors (Lipinski definition) is 3. The lowest BCUT2D eigenvalue weighted by Crippen LogP contribution is -2.24. The first kappa shape index (κ1) is 22.6. The second kappa shape index (κ2) is 8.76. The van der Waals surface area contributed by atoms with Crippen LogP contribution in [0, 0.1) is 0 Å². The zero-order chi connectivity index (χ0) is 22.9. The number of rotatable bonds is 6. The highest BCUT2D eigenvalue weighted by molar-refractivity contribution is 8.00. The second-order valence-corrected chi connectivity index (χ2v) is 11.9. The van der Waals surface area contributed by atoms with Gasteiger partial charge in [0.2, 0.25) is 0 Å². The van der Waals surface area contributed by atoms with Crippen LogP contribution in [0.1, 0.15) is 45.9 Å². The van der Waals surface area contributed by atoms with Crippen LogP contribution in [0.3, 0.4) is 0 Å². The van der Waals surface area contributed by atoms with Gasteiger partial charge in [0, 0.05) is 51.6 Å². The van der Waals surface area contributed by atoms with Gasteiger partial charge in [-0.1, -0.05) is 69.3 Å². The maximum atomic E-state index is 10.7. The van der Waals surface area contributed by atoms with Crippen LogP contribution in [-0.4, -0.2) is 25.0 Å². The van der Waals surface area contributed by atoms with E-state index in [9.17, 15) is 5.11 Å². The maximum Gasteiger partial charge on any atom is 0.0646 e. The molecular formula is C28H32N2OS. The summed E-state index contributed by atoms with van der Waals surface area (Å²) in [6.07, 6.45) is 4.30. The fourth-order valence-electron chi connectivity index (χ4n) is 4.03. The summed E-state index contributed by atoms with van der Waals surface area (Å²) in [5.74, 6) is 0. The summed E-state index contributed by atoms with van der Waals surface area (Å²) >= 11 is 1.89. The Bertz CT molecular complexity index is 1200. The van der Waals surface area contributed by atoms with E-state index in [1.165, 1.54) is 32.6 Å². The van der Waals surface area contributed by atoms with Crippen molar-refractivity contribution in [2.75, 3.05) is 0 Å². The average Bonchev–Trinajstić information content (AvgIpc) is 2.99. The molecular weight excluding hydrogens is 412 g/mol. The number of hydrogen-bond donors (Lipinski definition) is 1. The van der Waals surface area contributed by atoms with Crippen molar-refractivity contribution in [2.24, 2.45) is 0 Å². The third kappa shape index (κ3) is 5.25. The molecule has 0 spiro atoms. The third-order valence-electron chi connectivity index (χ3n) is 5.33. The van der Waals surface area contributed by atoms with Crippen LogP contribution >= 0.6 is 11.8 Å². The Morgan fingerprint density at radius 1 is 0.875 bits per heavy atom. The average molecular weight is 445 g/mol. The Kier molecular flexibility index (Phi) is 6.19. The molecule has 0 fully saturated rings. The standard InChI is InChI=1S/C28H32N2OS/c1-27(2,3)32-26-23-10-6-7-11-24(23)30(25(26)17-28(4,5)31)19-20-12-14-21(15-13-20)22-9-8-16-29-18-22/h6-16,18,31H,17,19H2,1-5H3. The first-order valence-electron chi connectivity index (χ1n) is 11.1. The molecule has 0 radical (unpaired) electrons. The van der Waals surface area contributed by atoms with Crippen LogP contribution < -0.4 is 0 Å². The lowest BCUT2D eigenvalue weighted by molar-refractivity contribution is 0.0785. The Balaban J connectivity index is 1.78. The van der Waals surface area contributed by atoms with Crippen molar-refractivity contribution in [3.8, 4) is 11.1 Å². The van der Waals surface area contributed by atoms with Gasteiger partial charge in [0.1, 0.15) is 0 Å². The van der Waals surface area contributed by atoms with Crippen LogP contribution in [0.4, 0.5) is 0 Å². The van der Waals surface area contributed by atoms with Crippen molar-refractivity contribution >= 4 is 22.7 Å². The number of aliphatic hydroxyl groups is 1. The van der Waals surface area contributed by atoms with Crippen LogP contribution in [-0.2, 0) is 13.0 Å². The van der Waals surface area contributed by atoms with Crippen molar-refractivity contribution in [2.45, 2.75) is 62.8 Å². The predicted molar refractivity (Wildman–Crippen MR) is 136 cm³/mol. The van der Waals surface area contributed by atoms with E-state index in [1.54, 1.807) is 6.20 Å². The van der Waals surface area contributed by atoms with Gasteiger partial charge in [0.15, 0.2) is 0 Å². The molecule has 32 heavy (non-hydrogen) atoms. The van der Waals surface area contributed by atoms with E-state index < -0.39 is 5.60 Å². The molecule has 0 aliphatic carbocycles. The lowest BCUT2D eigenvalue weighted by Gasteiger charge is -2.23. The number of aromatic nitrogens is 2. The number of para-hydroxylation sites is 1. The molecule has 3 nitrogen and oxygen atoms in total. The molecule has 166 valence electrons. The largest absolute Gasteiger partial charge is 0.390 e. The number of nitrogens with zero attached hydrogens (tertiary/aromatic N) is 2. The van der Waals surface area contributed by atoms with Gasteiger partial charge in [-0.25, -0.2) is 0 Å². The van der Waals surface area contributed by atoms with E-state index in [0.29, 0.717) is 6.42 Å². The first-order chi connectivity index (χ1) is 15.1. The molecule has 4 heteroatoms. The summed E-state index contributed by atoms with van der Waals surface area (Å²) in [7, 11) is 0. The van der Waals surface area contributed by atoms with Gasteiger partial charge in [-0.2, -0.15) is 0 Å². The van der Waals surface area contributed by atoms with Crippen LogP contribution in [0.5, 0.6) is 0 Å². The smallest absolute Gasteiger partial charge is 0.0646 e. The molecule has 2 aromatic carbocycles. The predicted octanol–water partition coefficient (Wildman–Crippen LogP) is 6.96. The summed E-state index contributed by atoms with van der Waals surface area (Å²) < 4.78 is 2.47. The van der Waals surface area contributed by atoms with Gasteiger partial charge in [-0.15, -0.1) is 11.8 Å². The second-order valence-electron chi connectivity index (χ2n) is 10.0. The Labute approximate surface area is 195 Å². The molecule has 1 N–H and O–H groups in total. The highest BCUT2D eigenvalue weighted by atomic mass is 32.2. The molecule has 0 saturated heterocycles. The van der Waals surface area contributed by atoms with Crippen LogP contribution in [0.15, 0.2) is 78.0 Å². The highest BCUT2D eigenvalue weighted by Crippen LogP contribution is 2.42. The lowest BCUT2D eigenvalue weighted by atomic mass is 10.0. The minimum Gasteiger partial charge on any atom is -0.390 e. The molecule has 2 aromatic heterocycles. The summed E-state index contributed by atoms with van der Waals surface area (Å²) in [6.45, 7) is 11.3. The van der Waals surface area contributed by atoms with E-state index in [4.69, 9.17) is 0 Å². The first-order valence-corrected chi connectivity index (χ1v) is 11.9. The highest BCUT2D eigenvalue weighted by Gasteiger charge is 2.26. The summed E-state index contributed by atoms with van der Waals surface area (Å²) in [5.41, 5.74) is 5.16. The molecule has 4 rings (SSSR count). The summed E-state index contributed by atoms with van der Waals surface area (Å²) in [6, 6.07) is 21.4. The van der Waals surface area contributed by atoms with Crippen molar-refractivity contribution in [1.29, 1.82) is 0 Å². The Morgan fingerprint density at radius 3 is 2.22 bits per heavy atom. The zero-order valence-electron chi connectivity index (χ0n) is 19.6. The number of thioether (sulfide) groups is 1. The van der Waals surface area contributed by atoms with Crippen LogP contribution in [0.2, 0.25) is 0 Å². The molecule has 0 atom stereocenters. The van der Waals surface area contributed by atoms with Crippen molar-refractivity contribution in [3.05, 3.63) is 84.3 Å². The van der Waals surface area contributed by atoms with Gasteiger partial charge in [-0.3, -0.25) is 4.98 Å². The van der Waals surface area contributed by atoms with E-state index >= 15 is 0 Å². The molecule has 0 aliphatic heterocycles. The normalized spacial score (nSPS) is 12.4. The molecule has 0 aliphatic rings. The molecule has 0 bridgehead atoms. The minimum atomic E-state index is -0.788. The number of fused-ring (bicyclic) bond motifs is 1. The molecule has 2 heterocycles. The zero-order valence-corrected chi connectivity index (χ0v) is 20.4. The maximum absolute atomic E-state index is 10.7. The fourth-order valence-corrected chi connectivity index (χ4v) is 5.22. The van der Waals surface area contributed by atoms with Gasteiger partial charge in [0.25, 0.3) is 0 Å². The monoisotopic (exact) mass is 444 g/mol. The van der Waals surface area contributed by atoms with E-state index in [1.807, 2.05) is 37.9 Å². The number of pyridine rings is 1. The molecule has 0 saturated carbocycles. The van der Waals surface area contributed by atoms with Crippen LogP contribution in [0.25, 0.3) is 22.0 Å². The van der Waals surface area contributed by atoms with E-state index in [-0.39, 0.29) is 4.75 Å². The van der Waals surface area contributed by atoms with Gasteiger partial charge in [0.05, 0.1) is 5.60 Å². The van der Waals surface area contributed by atoms with Crippen molar-refractivity contribution in [1.82, 2.24) is 9.55 Å². The molecule has 0 unspecified atom stereocenters.